The van der Waals surface area contributed by atoms with Gasteiger partial charge in [-0.2, -0.15) is 0 Å². The van der Waals surface area contributed by atoms with Gasteiger partial charge in [-0.15, -0.1) is 12.4 Å². The standard InChI is InChI=1S/C7H15NO.ClH/c1-7(6-9)3-2-4-8-5-7;/h8-9H,2-6H2,1H3;1H/t7-;/m0./s1. The predicted octanol–water partition coefficient (Wildman–Crippen LogP) is 0.790. The van der Waals surface area contributed by atoms with Crippen molar-refractivity contribution in [3.8, 4) is 0 Å². The van der Waals surface area contributed by atoms with E-state index in [4.69, 9.17) is 5.11 Å². The molecule has 2 N–H and O–H groups in total. The number of piperidine rings is 1. The van der Waals surface area contributed by atoms with Gasteiger partial charge in [0, 0.05) is 18.6 Å². The lowest BCUT2D eigenvalue weighted by atomic mass is 9.84. The van der Waals surface area contributed by atoms with Gasteiger partial charge in [0.05, 0.1) is 0 Å². The highest BCUT2D eigenvalue weighted by molar-refractivity contribution is 5.85. The van der Waals surface area contributed by atoms with Crippen molar-refractivity contribution in [2.45, 2.75) is 19.8 Å². The zero-order chi connectivity index (χ0) is 6.74. The van der Waals surface area contributed by atoms with Crippen molar-refractivity contribution < 1.29 is 5.11 Å². The van der Waals surface area contributed by atoms with E-state index in [-0.39, 0.29) is 17.8 Å². The van der Waals surface area contributed by atoms with Gasteiger partial charge in [-0.05, 0) is 19.4 Å². The number of halogens is 1. The van der Waals surface area contributed by atoms with Crippen molar-refractivity contribution in [2.24, 2.45) is 5.41 Å². The summed E-state index contributed by atoms with van der Waals surface area (Å²) in [7, 11) is 0. The molecular formula is C7H16ClNO. The maximum atomic E-state index is 8.91. The molecule has 2 nitrogen and oxygen atoms in total. The number of aliphatic hydroxyl groups is 1. The van der Waals surface area contributed by atoms with Crippen LogP contribution in [0.1, 0.15) is 19.8 Å². The van der Waals surface area contributed by atoms with Gasteiger partial charge in [0.2, 0.25) is 0 Å². The Morgan fingerprint density at radius 2 is 2.30 bits per heavy atom. The van der Waals surface area contributed by atoms with Crippen LogP contribution in [0.25, 0.3) is 0 Å². The fourth-order valence-corrected chi connectivity index (χ4v) is 1.25. The first-order chi connectivity index (χ1) is 4.27. The third-order valence-corrected chi connectivity index (χ3v) is 2.07. The summed E-state index contributed by atoms with van der Waals surface area (Å²) in [5.74, 6) is 0. The van der Waals surface area contributed by atoms with Crippen molar-refractivity contribution >= 4 is 12.4 Å². The summed E-state index contributed by atoms with van der Waals surface area (Å²) in [5.41, 5.74) is 0.165. The minimum atomic E-state index is 0. The Balaban J connectivity index is 0.000000810. The van der Waals surface area contributed by atoms with E-state index >= 15 is 0 Å². The third kappa shape index (κ3) is 2.45. The second kappa shape index (κ2) is 4.16. The molecule has 1 atom stereocenters. The summed E-state index contributed by atoms with van der Waals surface area (Å²) in [6, 6.07) is 0. The van der Waals surface area contributed by atoms with Crippen LogP contribution in [-0.2, 0) is 0 Å². The smallest absolute Gasteiger partial charge is 0.0496 e. The zero-order valence-electron chi connectivity index (χ0n) is 6.39. The summed E-state index contributed by atoms with van der Waals surface area (Å²) in [6.45, 7) is 4.54. The molecule has 62 valence electrons. The molecule has 0 aromatic carbocycles. The van der Waals surface area contributed by atoms with E-state index in [2.05, 4.69) is 12.2 Å². The number of nitrogens with one attached hydrogen (secondary N) is 1. The maximum absolute atomic E-state index is 8.91. The second-order valence-electron chi connectivity index (χ2n) is 3.25. The summed E-state index contributed by atoms with van der Waals surface area (Å²) in [5, 5.41) is 12.2. The Morgan fingerprint density at radius 3 is 2.60 bits per heavy atom. The molecule has 0 bridgehead atoms. The Bertz CT molecular complexity index is 91.6. The molecule has 0 aromatic rings. The minimum absolute atomic E-state index is 0. The van der Waals surface area contributed by atoms with Crippen molar-refractivity contribution in [3.05, 3.63) is 0 Å². The van der Waals surface area contributed by atoms with Crippen molar-refractivity contribution in [1.29, 1.82) is 0 Å². The highest BCUT2D eigenvalue weighted by Gasteiger charge is 2.24. The Labute approximate surface area is 68.4 Å². The van der Waals surface area contributed by atoms with Gasteiger partial charge in [0.1, 0.15) is 0 Å². The van der Waals surface area contributed by atoms with Crippen molar-refractivity contribution in [1.82, 2.24) is 5.32 Å². The van der Waals surface area contributed by atoms with E-state index in [1.165, 1.54) is 6.42 Å². The topological polar surface area (TPSA) is 32.3 Å². The van der Waals surface area contributed by atoms with Gasteiger partial charge in [-0.3, -0.25) is 0 Å². The van der Waals surface area contributed by atoms with E-state index in [0.717, 1.165) is 19.5 Å². The summed E-state index contributed by atoms with van der Waals surface area (Å²) in [6.07, 6.45) is 2.37. The van der Waals surface area contributed by atoms with Crippen LogP contribution in [0.5, 0.6) is 0 Å². The molecule has 0 spiro atoms. The summed E-state index contributed by atoms with van der Waals surface area (Å²) in [4.78, 5) is 0. The Hall–Kier alpha value is 0.210. The van der Waals surface area contributed by atoms with Gasteiger partial charge in [0.15, 0.2) is 0 Å². The van der Waals surface area contributed by atoms with Gasteiger partial charge < -0.3 is 10.4 Å². The lowest BCUT2D eigenvalue weighted by Crippen LogP contribution is -2.40. The Kier molecular flexibility index (Phi) is 4.25. The normalized spacial score (nSPS) is 33.0. The maximum Gasteiger partial charge on any atom is 0.0496 e. The molecule has 1 aliphatic rings. The SMILES string of the molecule is C[C@]1(CO)CCCNC1.Cl. The van der Waals surface area contributed by atoms with Gasteiger partial charge in [-0.1, -0.05) is 6.92 Å². The average Bonchev–Trinajstić information content (AvgIpc) is 1.90. The molecule has 0 aliphatic carbocycles. The number of aliphatic hydroxyl groups excluding tert-OH is 1. The van der Waals surface area contributed by atoms with Crippen LogP contribution in [0, 0.1) is 5.41 Å². The van der Waals surface area contributed by atoms with Crippen LogP contribution in [-0.4, -0.2) is 24.8 Å². The zero-order valence-corrected chi connectivity index (χ0v) is 7.21. The third-order valence-electron chi connectivity index (χ3n) is 2.07. The van der Waals surface area contributed by atoms with Crippen molar-refractivity contribution in [3.63, 3.8) is 0 Å². The molecule has 3 heteroatoms. The Morgan fingerprint density at radius 1 is 1.60 bits per heavy atom. The highest BCUT2D eigenvalue weighted by atomic mass is 35.5. The molecule has 10 heavy (non-hydrogen) atoms. The van der Waals surface area contributed by atoms with Crippen LogP contribution >= 0.6 is 12.4 Å². The van der Waals surface area contributed by atoms with Crippen molar-refractivity contribution in [2.75, 3.05) is 19.7 Å². The van der Waals surface area contributed by atoms with Crippen LogP contribution in [0.15, 0.2) is 0 Å². The average molecular weight is 166 g/mol. The van der Waals surface area contributed by atoms with Crippen LogP contribution in [0.4, 0.5) is 0 Å². The van der Waals surface area contributed by atoms with E-state index in [1.54, 1.807) is 0 Å². The molecule has 0 aromatic heterocycles. The molecule has 1 saturated heterocycles. The molecule has 1 rings (SSSR count). The molecule has 1 fully saturated rings. The summed E-state index contributed by atoms with van der Waals surface area (Å²) < 4.78 is 0. The van der Waals surface area contributed by atoms with E-state index in [9.17, 15) is 0 Å². The fraction of sp³-hybridized carbons (Fsp3) is 1.00. The molecule has 0 radical (unpaired) electrons. The monoisotopic (exact) mass is 165 g/mol. The van der Waals surface area contributed by atoms with Crippen LogP contribution in [0.3, 0.4) is 0 Å². The molecule has 1 aliphatic heterocycles. The van der Waals surface area contributed by atoms with Crippen LogP contribution in [0.2, 0.25) is 0 Å². The molecule has 1 heterocycles. The molecular weight excluding hydrogens is 150 g/mol. The first-order valence-electron chi connectivity index (χ1n) is 3.58. The minimum Gasteiger partial charge on any atom is -0.396 e. The largest absolute Gasteiger partial charge is 0.396 e. The predicted molar refractivity (Wildman–Crippen MR) is 44.5 cm³/mol. The first kappa shape index (κ1) is 10.2. The van der Waals surface area contributed by atoms with E-state index in [0.29, 0.717) is 6.61 Å². The van der Waals surface area contributed by atoms with E-state index in [1.807, 2.05) is 0 Å². The van der Waals surface area contributed by atoms with Gasteiger partial charge in [0.25, 0.3) is 0 Å². The second-order valence-corrected chi connectivity index (χ2v) is 3.25. The number of hydrogen-bond donors (Lipinski definition) is 2. The van der Waals surface area contributed by atoms with Crippen LogP contribution < -0.4 is 5.32 Å². The quantitative estimate of drug-likeness (QED) is 0.602. The lowest BCUT2D eigenvalue weighted by molar-refractivity contribution is 0.113. The lowest BCUT2D eigenvalue weighted by Gasteiger charge is -2.31. The molecule has 0 amide bonds. The van der Waals surface area contributed by atoms with Gasteiger partial charge >= 0.3 is 0 Å². The molecule has 0 unspecified atom stereocenters. The summed E-state index contributed by atoms with van der Waals surface area (Å²) >= 11 is 0. The fourth-order valence-electron chi connectivity index (χ4n) is 1.25. The number of rotatable bonds is 1. The van der Waals surface area contributed by atoms with E-state index < -0.39 is 0 Å². The first-order valence-corrected chi connectivity index (χ1v) is 3.58. The number of hydrogen-bond acceptors (Lipinski definition) is 2. The van der Waals surface area contributed by atoms with Gasteiger partial charge in [-0.25, -0.2) is 0 Å². The highest BCUT2D eigenvalue weighted by Crippen LogP contribution is 2.23. The molecule has 0 saturated carbocycles.